The van der Waals surface area contributed by atoms with Crippen LogP contribution in [0.5, 0.6) is 0 Å². The molecule has 0 aliphatic rings. The van der Waals surface area contributed by atoms with Crippen molar-refractivity contribution < 1.29 is 9.53 Å². The van der Waals surface area contributed by atoms with Gasteiger partial charge in [0.2, 0.25) is 5.91 Å². The molecule has 18 heavy (non-hydrogen) atoms. The maximum atomic E-state index is 11.6. The number of nitrogens with zero attached hydrogens (tertiary/aromatic N) is 1. The minimum Gasteiger partial charge on any atom is -0.382 e. The van der Waals surface area contributed by atoms with Gasteiger partial charge in [-0.15, -0.1) is 11.3 Å². The molecule has 0 saturated heterocycles. The Morgan fingerprint density at radius 3 is 3.06 bits per heavy atom. The third-order valence-electron chi connectivity index (χ3n) is 2.41. The Labute approximate surface area is 113 Å². The van der Waals surface area contributed by atoms with Crippen LogP contribution in [0.1, 0.15) is 18.2 Å². The highest BCUT2D eigenvalue weighted by Crippen LogP contribution is 2.10. The molecule has 1 aromatic heterocycles. The molecule has 1 amide bonds. The first kappa shape index (κ1) is 15.1. The molecule has 1 rings (SSSR count). The summed E-state index contributed by atoms with van der Waals surface area (Å²) in [4.78, 5) is 14.9. The molecule has 1 N–H and O–H groups in total. The van der Waals surface area contributed by atoms with Gasteiger partial charge in [-0.25, -0.2) is 0 Å². The van der Waals surface area contributed by atoms with Gasteiger partial charge in [0.15, 0.2) is 0 Å². The van der Waals surface area contributed by atoms with Crippen molar-refractivity contribution in [1.82, 2.24) is 10.2 Å². The first-order valence-corrected chi connectivity index (χ1v) is 7.15. The van der Waals surface area contributed by atoms with Crippen molar-refractivity contribution in [2.45, 2.75) is 19.9 Å². The molecule has 0 saturated carbocycles. The lowest BCUT2D eigenvalue weighted by atomic mass is 10.4. The van der Waals surface area contributed by atoms with E-state index in [1.807, 2.05) is 24.9 Å². The Morgan fingerprint density at radius 2 is 2.39 bits per heavy atom. The van der Waals surface area contributed by atoms with Crippen LogP contribution in [0.15, 0.2) is 17.5 Å². The molecule has 102 valence electrons. The van der Waals surface area contributed by atoms with E-state index < -0.39 is 0 Å². The zero-order valence-electron chi connectivity index (χ0n) is 11.1. The lowest BCUT2D eigenvalue weighted by Gasteiger charge is -2.15. The van der Waals surface area contributed by atoms with Crippen LogP contribution in [0.4, 0.5) is 0 Å². The van der Waals surface area contributed by atoms with E-state index in [-0.39, 0.29) is 5.91 Å². The van der Waals surface area contributed by atoms with Crippen LogP contribution in [0, 0.1) is 0 Å². The summed E-state index contributed by atoms with van der Waals surface area (Å²) in [7, 11) is 1.96. The maximum Gasteiger partial charge on any atom is 0.234 e. The van der Waals surface area contributed by atoms with Crippen LogP contribution in [0.2, 0.25) is 0 Å². The molecule has 0 aliphatic carbocycles. The molecule has 0 aliphatic heterocycles. The van der Waals surface area contributed by atoms with E-state index in [1.165, 1.54) is 4.88 Å². The normalized spacial score (nSPS) is 10.8. The van der Waals surface area contributed by atoms with Crippen molar-refractivity contribution in [3.63, 3.8) is 0 Å². The summed E-state index contributed by atoms with van der Waals surface area (Å²) in [6, 6.07) is 4.11. The molecule has 0 atom stereocenters. The standard InChI is InChI=1S/C13H22N2O2S/c1-3-17-8-5-7-14-13(16)11-15(2)10-12-6-4-9-18-12/h4,6,9H,3,5,7-8,10-11H2,1-2H3,(H,14,16). The van der Waals surface area contributed by atoms with Gasteiger partial charge in [0.05, 0.1) is 6.54 Å². The number of ether oxygens (including phenoxy) is 1. The van der Waals surface area contributed by atoms with Crippen LogP contribution >= 0.6 is 11.3 Å². The molecular formula is C13H22N2O2S. The van der Waals surface area contributed by atoms with Gasteiger partial charge in [-0.05, 0) is 31.8 Å². The fourth-order valence-corrected chi connectivity index (χ4v) is 2.36. The van der Waals surface area contributed by atoms with Gasteiger partial charge in [0, 0.05) is 31.2 Å². The van der Waals surface area contributed by atoms with E-state index in [4.69, 9.17) is 4.74 Å². The van der Waals surface area contributed by atoms with Crippen LogP contribution in [-0.2, 0) is 16.1 Å². The third kappa shape index (κ3) is 6.74. The second-order valence-electron chi connectivity index (χ2n) is 4.15. The number of hydrogen-bond donors (Lipinski definition) is 1. The van der Waals surface area contributed by atoms with Crippen molar-refractivity contribution in [1.29, 1.82) is 0 Å². The summed E-state index contributed by atoms with van der Waals surface area (Å²) >= 11 is 1.72. The fraction of sp³-hybridized carbons (Fsp3) is 0.615. The maximum absolute atomic E-state index is 11.6. The van der Waals surface area contributed by atoms with Crippen molar-refractivity contribution in [3.8, 4) is 0 Å². The Kier molecular flexibility index (Phi) is 7.64. The van der Waals surface area contributed by atoms with Gasteiger partial charge in [-0.3, -0.25) is 9.69 Å². The van der Waals surface area contributed by atoms with E-state index in [1.54, 1.807) is 11.3 Å². The Balaban J connectivity index is 2.08. The highest BCUT2D eigenvalue weighted by molar-refractivity contribution is 7.09. The number of amides is 1. The average Bonchev–Trinajstić information content (AvgIpc) is 2.81. The fourth-order valence-electron chi connectivity index (χ4n) is 1.57. The molecule has 1 heterocycles. The SMILES string of the molecule is CCOCCCNC(=O)CN(C)Cc1cccs1. The first-order valence-electron chi connectivity index (χ1n) is 6.27. The molecule has 1 aromatic rings. The van der Waals surface area contributed by atoms with Gasteiger partial charge in [-0.1, -0.05) is 6.07 Å². The molecule has 0 fully saturated rings. The van der Waals surface area contributed by atoms with Gasteiger partial charge in [0.1, 0.15) is 0 Å². The molecule has 0 aromatic carbocycles. The summed E-state index contributed by atoms with van der Waals surface area (Å²) < 4.78 is 5.21. The summed E-state index contributed by atoms with van der Waals surface area (Å²) in [6.45, 7) is 5.36. The van der Waals surface area contributed by atoms with E-state index in [0.717, 1.165) is 19.6 Å². The summed E-state index contributed by atoms with van der Waals surface area (Å²) in [5.74, 6) is 0.0746. The van der Waals surface area contributed by atoms with Gasteiger partial charge in [-0.2, -0.15) is 0 Å². The number of rotatable bonds is 9. The molecule has 4 nitrogen and oxygen atoms in total. The summed E-state index contributed by atoms with van der Waals surface area (Å²) in [6.07, 6.45) is 0.869. The lowest BCUT2D eigenvalue weighted by molar-refractivity contribution is -0.122. The summed E-state index contributed by atoms with van der Waals surface area (Å²) in [5, 5.41) is 4.95. The number of likely N-dealkylation sites (N-methyl/N-ethyl adjacent to an activating group) is 1. The molecule has 0 spiro atoms. The zero-order valence-corrected chi connectivity index (χ0v) is 12.0. The number of nitrogens with one attached hydrogen (secondary N) is 1. The van der Waals surface area contributed by atoms with Crippen molar-refractivity contribution in [2.24, 2.45) is 0 Å². The number of thiophene rings is 1. The molecule has 0 bridgehead atoms. The Hall–Kier alpha value is -0.910. The van der Waals surface area contributed by atoms with Crippen LogP contribution in [0.3, 0.4) is 0 Å². The predicted octanol–water partition coefficient (Wildman–Crippen LogP) is 1.72. The second kappa shape index (κ2) is 9.08. The van der Waals surface area contributed by atoms with Crippen molar-refractivity contribution >= 4 is 17.2 Å². The van der Waals surface area contributed by atoms with Crippen LogP contribution in [0.25, 0.3) is 0 Å². The Bertz CT molecular complexity index is 328. The van der Waals surface area contributed by atoms with Gasteiger partial charge < -0.3 is 10.1 Å². The largest absolute Gasteiger partial charge is 0.382 e. The number of carbonyl (C=O) groups is 1. The minimum absolute atomic E-state index is 0.0746. The van der Waals surface area contributed by atoms with E-state index in [0.29, 0.717) is 19.7 Å². The highest BCUT2D eigenvalue weighted by atomic mass is 32.1. The average molecular weight is 270 g/mol. The van der Waals surface area contributed by atoms with Crippen LogP contribution in [-0.4, -0.2) is 44.2 Å². The van der Waals surface area contributed by atoms with E-state index in [9.17, 15) is 4.79 Å². The smallest absolute Gasteiger partial charge is 0.234 e. The molecular weight excluding hydrogens is 248 g/mol. The van der Waals surface area contributed by atoms with Crippen molar-refractivity contribution in [2.75, 3.05) is 33.4 Å². The highest BCUT2D eigenvalue weighted by Gasteiger charge is 2.06. The third-order valence-corrected chi connectivity index (χ3v) is 3.27. The lowest BCUT2D eigenvalue weighted by Crippen LogP contribution is -2.35. The predicted molar refractivity (Wildman–Crippen MR) is 74.8 cm³/mol. The van der Waals surface area contributed by atoms with Gasteiger partial charge >= 0.3 is 0 Å². The molecule has 5 heteroatoms. The monoisotopic (exact) mass is 270 g/mol. The second-order valence-corrected chi connectivity index (χ2v) is 5.18. The first-order chi connectivity index (χ1) is 8.72. The zero-order chi connectivity index (χ0) is 13.2. The van der Waals surface area contributed by atoms with Crippen molar-refractivity contribution in [3.05, 3.63) is 22.4 Å². The van der Waals surface area contributed by atoms with Gasteiger partial charge in [0.25, 0.3) is 0 Å². The quantitative estimate of drug-likeness (QED) is 0.695. The topological polar surface area (TPSA) is 41.6 Å². The number of hydrogen-bond acceptors (Lipinski definition) is 4. The molecule has 0 radical (unpaired) electrons. The van der Waals surface area contributed by atoms with E-state index >= 15 is 0 Å². The minimum atomic E-state index is 0.0746. The summed E-state index contributed by atoms with van der Waals surface area (Å²) in [5.41, 5.74) is 0. The van der Waals surface area contributed by atoms with Crippen LogP contribution < -0.4 is 5.32 Å². The van der Waals surface area contributed by atoms with E-state index in [2.05, 4.69) is 16.8 Å². The Morgan fingerprint density at radius 1 is 1.56 bits per heavy atom. The molecule has 0 unspecified atom stereocenters. The number of carbonyl (C=O) groups excluding carboxylic acids is 1.